The maximum absolute atomic E-state index is 12.5. The number of carboxylic acids is 1. The van der Waals surface area contributed by atoms with Gasteiger partial charge in [-0.05, 0) is 63.5 Å². The topological polar surface area (TPSA) is 95.9 Å². The summed E-state index contributed by atoms with van der Waals surface area (Å²) in [6.45, 7) is 7.51. The summed E-state index contributed by atoms with van der Waals surface area (Å²) >= 11 is 0. The van der Waals surface area contributed by atoms with Crippen molar-refractivity contribution < 1.29 is 29.3 Å². The third-order valence-corrected chi connectivity index (χ3v) is 8.79. The number of fused-ring (bicyclic) bond motifs is 7. The van der Waals surface area contributed by atoms with Gasteiger partial charge in [0.05, 0.1) is 18.2 Å². The molecule has 0 bridgehead atoms. The van der Waals surface area contributed by atoms with Gasteiger partial charge in [-0.1, -0.05) is 25.5 Å². The zero-order valence-electron chi connectivity index (χ0n) is 17.4. The molecule has 8 atom stereocenters. The Balaban J connectivity index is 1.59. The fraction of sp³-hybridized carbons (Fsp3) is 0.739. The number of ether oxygens (including phenoxy) is 2. The molecule has 0 radical (unpaired) electrons. The van der Waals surface area contributed by atoms with Gasteiger partial charge in [-0.3, -0.25) is 4.79 Å². The van der Waals surface area contributed by atoms with Crippen molar-refractivity contribution in [2.24, 2.45) is 28.6 Å². The van der Waals surface area contributed by atoms with E-state index in [1.807, 2.05) is 13.0 Å². The van der Waals surface area contributed by atoms with Crippen LogP contribution in [0.2, 0.25) is 0 Å². The molecule has 0 aromatic carbocycles. The van der Waals surface area contributed by atoms with Gasteiger partial charge in [-0.15, -0.1) is 0 Å². The Hall–Kier alpha value is -1.50. The summed E-state index contributed by atoms with van der Waals surface area (Å²) in [5.74, 6) is -2.13. The van der Waals surface area contributed by atoms with Crippen molar-refractivity contribution in [1.29, 1.82) is 0 Å². The van der Waals surface area contributed by atoms with Gasteiger partial charge >= 0.3 is 0 Å². The number of carbonyl (C=O) groups excluding carboxylic acids is 2. The first kappa shape index (κ1) is 19.5. The maximum atomic E-state index is 12.5. The van der Waals surface area contributed by atoms with Gasteiger partial charge in [0.25, 0.3) is 0 Å². The summed E-state index contributed by atoms with van der Waals surface area (Å²) in [6.07, 6.45) is 6.49. The lowest BCUT2D eigenvalue weighted by Crippen LogP contribution is -2.66. The number of aliphatic carboxylic acids is 1. The monoisotopic (exact) mass is 401 g/mol. The lowest BCUT2D eigenvalue weighted by Gasteiger charge is -2.60. The molecule has 6 heteroatoms. The standard InChI is InChI=1S/C23H30O6/c1-20(2)28-17-10-15-14-6-5-12-9-13(24)7-8-21(12,3)18(14)16(25)11-22(15,4)23(17,29-20)19(26)27/h7-9,14-18,25H,5-6,10-11H2,1-4H3,(H,26,27)/p-1/t14-,15+,16-,17-,18+,21+,22+,23+/m1/s1. The van der Waals surface area contributed by atoms with E-state index in [9.17, 15) is 19.8 Å². The largest absolute Gasteiger partial charge is 0.547 e. The lowest BCUT2D eigenvalue weighted by atomic mass is 9.46. The molecule has 1 saturated heterocycles. The number of rotatable bonds is 1. The summed E-state index contributed by atoms with van der Waals surface area (Å²) in [7, 11) is 0. The van der Waals surface area contributed by atoms with E-state index in [0.717, 1.165) is 18.4 Å². The molecular formula is C23H29O6-. The summed E-state index contributed by atoms with van der Waals surface area (Å²) in [6, 6.07) is 0. The van der Waals surface area contributed by atoms with E-state index in [-0.39, 0.29) is 29.0 Å². The number of hydrogen-bond acceptors (Lipinski definition) is 6. The molecule has 29 heavy (non-hydrogen) atoms. The fourth-order valence-electron chi connectivity index (χ4n) is 7.77. The number of allylic oxidation sites excluding steroid dienone is 4. The Labute approximate surface area is 170 Å². The second-order valence-corrected chi connectivity index (χ2v) is 10.6. The highest BCUT2D eigenvalue weighted by molar-refractivity contribution is 6.01. The predicted octanol–water partition coefficient (Wildman–Crippen LogP) is 1.52. The highest BCUT2D eigenvalue weighted by Crippen LogP contribution is 2.70. The first-order valence-corrected chi connectivity index (χ1v) is 10.7. The van der Waals surface area contributed by atoms with Crippen molar-refractivity contribution in [2.45, 2.75) is 77.0 Å². The minimum Gasteiger partial charge on any atom is -0.547 e. The van der Waals surface area contributed by atoms with Crippen molar-refractivity contribution in [3.8, 4) is 0 Å². The summed E-state index contributed by atoms with van der Waals surface area (Å²) in [5.41, 5.74) is -1.64. The Morgan fingerprint density at radius 1 is 1.28 bits per heavy atom. The van der Waals surface area contributed by atoms with Gasteiger partial charge in [0.15, 0.2) is 11.6 Å². The van der Waals surface area contributed by atoms with Crippen LogP contribution in [0.1, 0.15) is 53.4 Å². The van der Waals surface area contributed by atoms with E-state index in [4.69, 9.17) is 9.47 Å². The van der Waals surface area contributed by atoms with Gasteiger partial charge in [0.1, 0.15) is 5.60 Å². The first-order chi connectivity index (χ1) is 13.4. The smallest absolute Gasteiger partial charge is 0.178 e. The molecule has 5 aliphatic rings. The molecule has 6 nitrogen and oxygen atoms in total. The molecule has 0 spiro atoms. The number of carbonyl (C=O) groups is 2. The molecule has 4 fully saturated rings. The number of aliphatic hydroxyl groups is 1. The number of ketones is 1. The molecule has 1 aliphatic heterocycles. The van der Waals surface area contributed by atoms with Crippen LogP contribution in [0.3, 0.4) is 0 Å². The minimum absolute atomic E-state index is 0.00129. The fourth-order valence-corrected chi connectivity index (χ4v) is 7.77. The van der Waals surface area contributed by atoms with Crippen molar-refractivity contribution in [2.75, 3.05) is 0 Å². The molecule has 3 saturated carbocycles. The van der Waals surface area contributed by atoms with Crippen LogP contribution < -0.4 is 5.11 Å². The van der Waals surface area contributed by atoms with Crippen molar-refractivity contribution in [1.82, 2.24) is 0 Å². The van der Waals surface area contributed by atoms with Crippen LogP contribution in [0.25, 0.3) is 0 Å². The first-order valence-electron chi connectivity index (χ1n) is 10.7. The molecule has 0 aromatic heterocycles. The second-order valence-electron chi connectivity index (χ2n) is 10.6. The molecule has 0 amide bonds. The summed E-state index contributed by atoms with van der Waals surface area (Å²) in [5, 5.41) is 23.9. The highest BCUT2D eigenvalue weighted by atomic mass is 16.8. The molecule has 1 N–H and O–H groups in total. The minimum atomic E-state index is -1.55. The van der Waals surface area contributed by atoms with E-state index in [2.05, 4.69) is 6.92 Å². The molecule has 1 heterocycles. The van der Waals surface area contributed by atoms with Gasteiger partial charge in [-0.25, -0.2) is 0 Å². The molecule has 5 rings (SSSR count). The third-order valence-electron chi connectivity index (χ3n) is 8.79. The Morgan fingerprint density at radius 3 is 2.69 bits per heavy atom. The van der Waals surface area contributed by atoms with E-state index >= 15 is 0 Å². The number of hydrogen-bond donors (Lipinski definition) is 1. The molecule has 0 unspecified atom stereocenters. The van der Waals surface area contributed by atoms with E-state index < -0.39 is 35.0 Å². The normalized spacial score (nSPS) is 52.2. The van der Waals surface area contributed by atoms with E-state index in [1.165, 1.54) is 0 Å². The molecule has 0 aromatic rings. The van der Waals surface area contributed by atoms with Crippen molar-refractivity contribution >= 4 is 11.8 Å². The van der Waals surface area contributed by atoms with Crippen LogP contribution in [-0.2, 0) is 19.1 Å². The Bertz CT molecular complexity index is 857. The van der Waals surface area contributed by atoms with Gasteiger partial charge in [-0.2, -0.15) is 0 Å². The molecule has 4 aliphatic carbocycles. The second kappa shape index (κ2) is 5.59. The molecule has 158 valence electrons. The zero-order valence-corrected chi connectivity index (χ0v) is 17.4. The highest BCUT2D eigenvalue weighted by Gasteiger charge is 2.75. The zero-order chi connectivity index (χ0) is 21.0. The van der Waals surface area contributed by atoms with Crippen LogP contribution in [-0.4, -0.2) is 40.5 Å². The van der Waals surface area contributed by atoms with Crippen molar-refractivity contribution in [3.63, 3.8) is 0 Å². The third kappa shape index (κ3) is 2.23. The lowest BCUT2D eigenvalue weighted by molar-refractivity contribution is -0.341. The average Bonchev–Trinajstić information content (AvgIpc) is 3.02. The summed E-state index contributed by atoms with van der Waals surface area (Å²) < 4.78 is 12.2. The van der Waals surface area contributed by atoms with E-state index in [1.54, 1.807) is 26.0 Å². The predicted molar refractivity (Wildman–Crippen MR) is 101 cm³/mol. The molecular weight excluding hydrogens is 372 g/mol. The average molecular weight is 401 g/mol. The van der Waals surface area contributed by atoms with Crippen LogP contribution >= 0.6 is 0 Å². The van der Waals surface area contributed by atoms with Crippen molar-refractivity contribution in [3.05, 3.63) is 23.8 Å². The maximum Gasteiger partial charge on any atom is 0.178 e. The van der Waals surface area contributed by atoms with Crippen LogP contribution in [0, 0.1) is 28.6 Å². The SMILES string of the molecule is CC1(C)O[C@@H]2C[C@H]3[C@H]4CCC5=CC(=O)C=C[C@]5(C)[C@@H]4[C@H](O)C[C@]3(C)[C@]2(C(=O)[O-])O1. The van der Waals surface area contributed by atoms with Gasteiger partial charge in [0.2, 0.25) is 0 Å². The number of carboxylic acid groups (broad SMARTS) is 1. The number of aliphatic hydroxyl groups excluding tert-OH is 1. The Kier molecular flexibility index (Phi) is 3.75. The van der Waals surface area contributed by atoms with Crippen LogP contribution in [0.5, 0.6) is 0 Å². The Morgan fingerprint density at radius 2 is 2.00 bits per heavy atom. The quantitative estimate of drug-likeness (QED) is 0.716. The summed E-state index contributed by atoms with van der Waals surface area (Å²) in [4.78, 5) is 24.4. The van der Waals surface area contributed by atoms with Crippen LogP contribution in [0.4, 0.5) is 0 Å². The van der Waals surface area contributed by atoms with E-state index in [0.29, 0.717) is 12.8 Å². The van der Waals surface area contributed by atoms with Gasteiger partial charge < -0.3 is 24.5 Å². The van der Waals surface area contributed by atoms with Crippen LogP contribution in [0.15, 0.2) is 23.8 Å². The van der Waals surface area contributed by atoms with Gasteiger partial charge in [0, 0.05) is 16.7 Å².